The first kappa shape index (κ1) is 14.4. The summed E-state index contributed by atoms with van der Waals surface area (Å²) in [5, 5.41) is 7.37. The normalized spacial score (nSPS) is 10.7. The predicted octanol–water partition coefficient (Wildman–Crippen LogP) is 4.75. The van der Waals surface area contributed by atoms with Gasteiger partial charge in [-0.2, -0.15) is 11.3 Å². The molecule has 0 atom stereocenters. The van der Waals surface area contributed by atoms with Crippen molar-refractivity contribution in [1.29, 1.82) is 0 Å². The third kappa shape index (κ3) is 3.40. The van der Waals surface area contributed by atoms with Crippen LogP contribution in [-0.2, 0) is 5.75 Å². The number of thiophene rings is 1. The fraction of sp³-hybridized carbons (Fsp3) is 0.133. The zero-order chi connectivity index (χ0) is 14.7. The number of nitrogens with zero attached hydrogens (tertiary/aromatic N) is 1. The summed E-state index contributed by atoms with van der Waals surface area (Å²) in [5.41, 5.74) is 9.04. The highest BCUT2D eigenvalue weighted by Crippen LogP contribution is 2.33. The van der Waals surface area contributed by atoms with E-state index in [1.165, 1.54) is 5.56 Å². The smallest absolute Gasteiger partial charge is 0.124 e. The highest BCUT2D eigenvalue weighted by atomic mass is 32.2. The van der Waals surface area contributed by atoms with Gasteiger partial charge in [0, 0.05) is 32.7 Å². The van der Waals surface area contributed by atoms with E-state index in [9.17, 15) is 0 Å². The van der Waals surface area contributed by atoms with Gasteiger partial charge in [0.25, 0.3) is 0 Å². The number of thioether (sulfide) groups is 1. The number of hydrogen-bond donors (Lipinski definition) is 1. The number of hydrogen-bond acceptors (Lipinski definition) is 6. The zero-order valence-corrected chi connectivity index (χ0v) is 13.9. The average Bonchev–Trinajstić information content (AvgIpc) is 3.17. The summed E-state index contributed by atoms with van der Waals surface area (Å²) in [7, 11) is 1.66. The summed E-state index contributed by atoms with van der Waals surface area (Å²) in [4.78, 5) is 5.70. The van der Waals surface area contributed by atoms with Gasteiger partial charge in [0.1, 0.15) is 10.8 Å². The van der Waals surface area contributed by atoms with Crippen molar-refractivity contribution in [1.82, 2.24) is 4.98 Å². The molecule has 0 bridgehead atoms. The molecule has 0 aliphatic heterocycles. The summed E-state index contributed by atoms with van der Waals surface area (Å²) >= 11 is 5.05. The summed E-state index contributed by atoms with van der Waals surface area (Å²) in [5.74, 6) is 1.63. The van der Waals surface area contributed by atoms with Crippen molar-refractivity contribution in [2.45, 2.75) is 10.6 Å². The number of nitrogen functional groups attached to an aromatic ring is 1. The molecule has 0 spiro atoms. The van der Waals surface area contributed by atoms with Gasteiger partial charge in [0.05, 0.1) is 12.8 Å². The van der Waals surface area contributed by atoms with E-state index in [-0.39, 0.29) is 0 Å². The molecule has 3 nitrogen and oxygen atoms in total. The van der Waals surface area contributed by atoms with Crippen molar-refractivity contribution in [3.05, 3.63) is 46.1 Å². The van der Waals surface area contributed by atoms with Crippen molar-refractivity contribution in [2.75, 3.05) is 12.8 Å². The molecule has 6 heteroatoms. The van der Waals surface area contributed by atoms with Crippen LogP contribution in [0.5, 0.6) is 5.75 Å². The Labute approximate surface area is 135 Å². The molecule has 2 aromatic heterocycles. The highest BCUT2D eigenvalue weighted by Gasteiger charge is 2.07. The first-order valence-electron chi connectivity index (χ1n) is 6.29. The standard InChI is InChI=1S/C15H14N2OS3/c1-18-12-2-3-13(16)14(6-12)20-8-11-9-21-15(17-11)10-4-5-19-7-10/h2-7,9H,8,16H2,1H3. The van der Waals surface area contributed by atoms with Gasteiger partial charge in [-0.05, 0) is 29.6 Å². The molecule has 0 amide bonds. The highest BCUT2D eigenvalue weighted by molar-refractivity contribution is 7.98. The van der Waals surface area contributed by atoms with Gasteiger partial charge in [-0.3, -0.25) is 0 Å². The van der Waals surface area contributed by atoms with Crippen molar-refractivity contribution < 1.29 is 4.74 Å². The van der Waals surface area contributed by atoms with Crippen LogP contribution in [0.25, 0.3) is 10.6 Å². The van der Waals surface area contributed by atoms with Crippen LogP contribution in [0, 0.1) is 0 Å². The maximum absolute atomic E-state index is 6.00. The van der Waals surface area contributed by atoms with Crippen LogP contribution in [0.2, 0.25) is 0 Å². The van der Waals surface area contributed by atoms with E-state index in [2.05, 4.69) is 27.2 Å². The Morgan fingerprint density at radius 3 is 2.95 bits per heavy atom. The molecule has 0 saturated carbocycles. The number of anilines is 1. The monoisotopic (exact) mass is 334 g/mol. The van der Waals surface area contributed by atoms with Crippen LogP contribution in [-0.4, -0.2) is 12.1 Å². The molecule has 2 N–H and O–H groups in total. The first-order valence-corrected chi connectivity index (χ1v) is 9.10. The van der Waals surface area contributed by atoms with E-state index in [0.717, 1.165) is 32.8 Å². The minimum atomic E-state index is 0.772. The number of thiazole rings is 1. The third-order valence-electron chi connectivity index (χ3n) is 2.92. The molecule has 0 aliphatic carbocycles. The summed E-state index contributed by atoms with van der Waals surface area (Å²) in [6.07, 6.45) is 0. The predicted molar refractivity (Wildman–Crippen MR) is 92.4 cm³/mol. The lowest BCUT2D eigenvalue weighted by molar-refractivity contribution is 0.414. The minimum absolute atomic E-state index is 0.772. The van der Waals surface area contributed by atoms with E-state index in [1.54, 1.807) is 41.5 Å². The molecule has 0 unspecified atom stereocenters. The summed E-state index contributed by atoms with van der Waals surface area (Å²) in [6.45, 7) is 0. The molecule has 108 valence electrons. The topological polar surface area (TPSA) is 48.1 Å². The lowest BCUT2D eigenvalue weighted by atomic mass is 10.3. The van der Waals surface area contributed by atoms with E-state index in [4.69, 9.17) is 10.5 Å². The Bertz CT molecular complexity index is 722. The Morgan fingerprint density at radius 1 is 1.29 bits per heavy atom. The zero-order valence-electron chi connectivity index (χ0n) is 11.4. The second-order valence-corrected chi connectivity index (χ2v) is 7.00. The van der Waals surface area contributed by atoms with E-state index >= 15 is 0 Å². The van der Waals surface area contributed by atoms with E-state index in [1.807, 2.05) is 18.2 Å². The van der Waals surface area contributed by atoms with Crippen molar-refractivity contribution in [3.63, 3.8) is 0 Å². The Balaban J connectivity index is 1.71. The molecule has 1 aromatic carbocycles. The summed E-state index contributed by atoms with van der Waals surface area (Å²) < 4.78 is 5.23. The van der Waals surface area contributed by atoms with Gasteiger partial charge >= 0.3 is 0 Å². The lowest BCUT2D eigenvalue weighted by Crippen LogP contribution is -1.91. The molecule has 21 heavy (non-hydrogen) atoms. The van der Waals surface area contributed by atoms with Crippen LogP contribution in [0.1, 0.15) is 5.69 Å². The molecule has 2 heterocycles. The van der Waals surface area contributed by atoms with Gasteiger partial charge in [0.15, 0.2) is 0 Å². The minimum Gasteiger partial charge on any atom is -0.497 e. The molecule has 0 saturated heterocycles. The number of nitrogens with two attached hydrogens (primary N) is 1. The lowest BCUT2D eigenvalue weighted by Gasteiger charge is -2.06. The van der Waals surface area contributed by atoms with Gasteiger partial charge < -0.3 is 10.5 Å². The Morgan fingerprint density at radius 2 is 2.19 bits per heavy atom. The number of ether oxygens (including phenoxy) is 1. The molecule has 3 aromatic rings. The molecule has 0 fully saturated rings. The maximum atomic E-state index is 6.00. The van der Waals surface area contributed by atoms with E-state index in [0.29, 0.717) is 0 Å². The first-order chi connectivity index (χ1) is 10.3. The number of benzene rings is 1. The number of rotatable bonds is 5. The van der Waals surface area contributed by atoms with Crippen LogP contribution in [0.3, 0.4) is 0 Å². The third-order valence-corrected chi connectivity index (χ3v) is 5.64. The number of methoxy groups -OCH3 is 1. The maximum Gasteiger partial charge on any atom is 0.124 e. The second-order valence-electron chi connectivity index (χ2n) is 4.35. The van der Waals surface area contributed by atoms with Crippen LogP contribution in [0.4, 0.5) is 5.69 Å². The molecular weight excluding hydrogens is 320 g/mol. The fourth-order valence-electron chi connectivity index (χ4n) is 1.81. The Kier molecular flexibility index (Phi) is 4.48. The van der Waals surface area contributed by atoms with Crippen molar-refractivity contribution in [2.24, 2.45) is 0 Å². The van der Waals surface area contributed by atoms with Gasteiger partial charge in [0.2, 0.25) is 0 Å². The second kappa shape index (κ2) is 6.51. The van der Waals surface area contributed by atoms with Gasteiger partial charge in [-0.25, -0.2) is 4.98 Å². The molecule has 3 rings (SSSR count). The largest absolute Gasteiger partial charge is 0.497 e. The van der Waals surface area contributed by atoms with Crippen LogP contribution < -0.4 is 10.5 Å². The van der Waals surface area contributed by atoms with Crippen molar-refractivity contribution in [3.8, 4) is 16.3 Å². The fourth-order valence-corrected chi connectivity index (χ4v) is 4.33. The quantitative estimate of drug-likeness (QED) is 0.540. The van der Waals surface area contributed by atoms with E-state index < -0.39 is 0 Å². The van der Waals surface area contributed by atoms with Crippen LogP contribution in [0.15, 0.2) is 45.3 Å². The average molecular weight is 334 g/mol. The molecule has 0 aliphatic rings. The SMILES string of the molecule is COc1ccc(N)c(SCc2csc(-c3ccsc3)n2)c1. The van der Waals surface area contributed by atoms with Gasteiger partial charge in [-0.15, -0.1) is 23.1 Å². The summed E-state index contributed by atoms with van der Waals surface area (Å²) in [6, 6.07) is 7.81. The molecular formula is C15H14N2OS3. The number of aromatic nitrogens is 1. The van der Waals surface area contributed by atoms with Crippen LogP contribution >= 0.6 is 34.4 Å². The molecule has 0 radical (unpaired) electrons. The Hall–Kier alpha value is -1.50. The van der Waals surface area contributed by atoms with Gasteiger partial charge in [-0.1, -0.05) is 0 Å². The van der Waals surface area contributed by atoms with Crippen molar-refractivity contribution >= 4 is 40.1 Å².